The van der Waals surface area contributed by atoms with Crippen molar-refractivity contribution in [1.82, 2.24) is 9.97 Å². The first-order chi connectivity index (χ1) is 9.77. The zero-order chi connectivity index (χ0) is 15.6. The molecule has 0 aliphatic rings. The number of carbonyl (C=O) groups excluding carboxylic acids is 1. The number of nitrogens with one attached hydrogen (secondary N) is 1. The van der Waals surface area contributed by atoms with E-state index in [1.165, 1.54) is 0 Å². The molecule has 1 aromatic heterocycles. The molecule has 0 fully saturated rings. The van der Waals surface area contributed by atoms with Gasteiger partial charge in [-0.25, -0.2) is 9.97 Å². The number of anilines is 2. The van der Waals surface area contributed by atoms with Gasteiger partial charge in [-0.15, -0.1) is 0 Å². The van der Waals surface area contributed by atoms with E-state index in [2.05, 4.69) is 15.3 Å². The molecule has 5 heteroatoms. The van der Waals surface area contributed by atoms with E-state index in [1.54, 1.807) is 24.5 Å². The summed E-state index contributed by atoms with van der Waals surface area (Å²) in [6.07, 6.45) is 3.24. The second kappa shape index (κ2) is 5.52. The number of rotatable bonds is 2. The normalized spacial score (nSPS) is 11.2. The Labute approximate surface area is 124 Å². The van der Waals surface area contributed by atoms with Crippen LogP contribution >= 0.6 is 0 Å². The highest BCUT2D eigenvalue weighted by Gasteiger charge is 2.17. The number of benzene rings is 1. The largest absolute Gasteiger partial charge is 0.399 e. The maximum Gasteiger partial charge on any atom is 0.256 e. The fraction of sp³-hybridized carbons (Fsp3) is 0.312. The van der Waals surface area contributed by atoms with Crippen LogP contribution in [0.3, 0.4) is 0 Å². The second-order valence-electron chi connectivity index (χ2n) is 6.07. The minimum absolute atomic E-state index is 0.118. The van der Waals surface area contributed by atoms with Crippen molar-refractivity contribution in [1.29, 1.82) is 0 Å². The molecule has 1 amide bonds. The van der Waals surface area contributed by atoms with Crippen molar-refractivity contribution in [2.75, 3.05) is 11.1 Å². The molecule has 21 heavy (non-hydrogen) atoms. The van der Waals surface area contributed by atoms with Crippen LogP contribution < -0.4 is 11.1 Å². The zero-order valence-electron chi connectivity index (χ0n) is 12.8. The van der Waals surface area contributed by atoms with Gasteiger partial charge in [0.1, 0.15) is 5.82 Å². The number of aromatic nitrogens is 2. The van der Waals surface area contributed by atoms with Gasteiger partial charge in [-0.05, 0) is 24.6 Å². The molecule has 0 unspecified atom stereocenters. The van der Waals surface area contributed by atoms with Gasteiger partial charge in [0.15, 0.2) is 0 Å². The first kappa shape index (κ1) is 15.0. The zero-order valence-corrected chi connectivity index (χ0v) is 12.8. The Morgan fingerprint density at radius 2 is 1.81 bits per heavy atom. The Balaban J connectivity index is 2.18. The quantitative estimate of drug-likeness (QED) is 0.831. The second-order valence-corrected chi connectivity index (χ2v) is 6.07. The number of nitrogens with zero attached hydrogens (tertiary/aromatic N) is 2. The molecule has 0 saturated heterocycles. The van der Waals surface area contributed by atoms with Gasteiger partial charge >= 0.3 is 0 Å². The molecular weight excluding hydrogens is 264 g/mol. The number of carbonyl (C=O) groups is 1. The van der Waals surface area contributed by atoms with Gasteiger partial charge in [-0.3, -0.25) is 4.79 Å². The summed E-state index contributed by atoms with van der Waals surface area (Å²) in [6, 6.07) is 5.26. The maximum absolute atomic E-state index is 12.2. The van der Waals surface area contributed by atoms with E-state index >= 15 is 0 Å². The summed E-state index contributed by atoms with van der Waals surface area (Å²) in [6.45, 7) is 7.98. The molecule has 110 valence electrons. The molecule has 1 aromatic carbocycles. The van der Waals surface area contributed by atoms with Gasteiger partial charge in [0.2, 0.25) is 0 Å². The lowest BCUT2D eigenvalue weighted by molar-refractivity contribution is 0.102. The first-order valence-electron chi connectivity index (χ1n) is 6.77. The lowest BCUT2D eigenvalue weighted by atomic mass is 9.96. The van der Waals surface area contributed by atoms with Crippen molar-refractivity contribution >= 4 is 17.3 Å². The van der Waals surface area contributed by atoms with Crippen LogP contribution in [0.2, 0.25) is 0 Å². The lowest BCUT2D eigenvalue weighted by Crippen LogP contribution is -2.18. The predicted molar refractivity (Wildman–Crippen MR) is 84.3 cm³/mol. The molecule has 2 aromatic rings. The molecule has 5 nitrogen and oxygen atoms in total. The fourth-order valence-corrected chi connectivity index (χ4v) is 1.86. The van der Waals surface area contributed by atoms with Crippen LogP contribution in [-0.2, 0) is 5.41 Å². The number of amides is 1. The van der Waals surface area contributed by atoms with Gasteiger partial charge in [-0.1, -0.05) is 26.8 Å². The van der Waals surface area contributed by atoms with E-state index in [9.17, 15) is 4.79 Å². The standard InChI is InChI=1S/C16H20N4O/c1-10-5-6-11(17)7-13(10)14(21)20-12-8-18-15(19-9-12)16(2,3)4/h5-9H,17H2,1-4H3,(H,20,21). The monoisotopic (exact) mass is 284 g/mol. The van der Waals surface area contributed by atoms with Crippen LogP contribution in [0.1, 0.15) is 42.5 Å². The molecule has 0 aliphatic heterocycles. The third-order valence-electron chi connectivity index (χ3n) is 3.09. The predicted octanol–water partition coefficient (Wildman–Crippen LogP) is 2.92. The summed E-state index contributed by atoms with van der Waals surface area (Å²) >= 11 is 0. The summed E-state index contributed by atoms with van der Waals surface area (Å²) in [5.41, 5.74) is 8.15. The first-order valence-corrected chi connectivity index (χ1v) is 6.77. The number of aryl methyl sites for hydroxylation is 1. The fourth-order valence-electron chi connectivity index (χ4n) is 1.86. The third-order valence-corrected chi connectivity index (χ3v) is 3.09. The van der Waals surface area contributed by atoms with Gasteiger partial charge in [0.05, 0.1) is 18.1 Å². The summed E-state index contributed by atoms with van der Waals surface area (Å²) in [4.78, 5) is 20.8. The molecule has 0 radical (unpaired) electrons. The Bertz CT molecular complexity index is 657. The van der Waals surface area contributed by atoms with E-state index in [0.717, 1.165) is 11.4 Å². The van der Waals surface area contributed by atoms with E-state index in [1.807, 2.05) is 33.8 Å². The minimum atomic E-state index is -0.216. The van der Waals surface area contributed by atoms with Crippen LogP contribution in [-0.4, -0.2) is 15.9 Å². The van der Waals surface area contributed by atoms with Crippen molar-refractivity contribution < 1.29 is 4.79 Å². The number of nitrogens with two attached hydrogens (primary N) is 1. The Hall–Kier alpha value is -2.43. The van der Waals surface area contributed by atoms with Crippen LogP contribution in [0, 0.1) is 6.92 Å². The van der Waals surface area contributed by atoms with Crippen molar-refractivity contribution in [3.8, 4) is 0 Å². The summed E-state index contributed by atoms with van der Waals surface area (Å²) in [7, 11) is 0. The highest BCUT2D eigenvalue weighted by molar-refractivity contribution is 6.05. The topological polar surface area (TPSA) is 80.9 Å². The van der Waals surface area contributed by atoms with Gasteiger partial charge < -0.3 is 11.1 Å². The highest BCUT2D eigenvalue weighted by Crippen LogP contribution is 2.19. The number of hydrogen-bond donors (Lipinski definition) is 2. The molecule has 2 rings (SSSR count). The van der Waals surface area contributed by atoms with Crippen LogP contribution in [0.25, 0.3) is 0 Å². The van der Waals surface area contributed by atoms with Crippen molar-refractivity contribution in [2.24, 2.45) is 0 Å². The van der Waals surface area contributed by atoms with Gasteiger partial charge in [0, 0.05) is 16.7 Å². The smallest absolute Gasteiger partial charge is 0.256 e. The highest BCUT2D eigenvalue weighted by atomic mass is 16.1. The maximum atomic E-state index is 12.2. The average Bonchev–Trinajstić information content (AvgIpc) is 2.41. The number of nitrogen functional groups attached to an aromatic ring is 1. The molecular formula is C16H20N4O. The summed E-state index contributed by atoms with van der Waals surface area (Å²) in [5, 5.41) is 2.79. The van der Waals surface area contributed by atoms with E-state index in [4.69, 9.17) is 5.73 Å². The molecule has 0 saturated carbocycles. The SMILES string of the molecule is Cc1ccc(N)cc1C(=O)Nc1cnc(C(C)(C)C)nc1. The Morgan fingerprint density at radius 1 is 1.19 bits per heavy atom. The van der Waals surface area contributed by atoms with Crippen LogP contribution in [0.5, 0.6) is 0 Å². The van der Waals surface area contributed by atoms with Crippen molar-refractivity contribution in [3.05, 3.63) is 47.5 Å². The van der Waals surface area contributed by atoms with Gasteiger partial charge in [-0.2, -0.15) is 0 Å². The van der Waals surface area contributed by atoms with E-state index in [0.29, 0.717) is 16.9 Å². The van der Waals surface area contributed by atoms with E-state index in [-0.39, 0.29) is 11.3 Å². The molecule has 0 bridgehead atoms. The average molecular weight is 284 g/mol. The van der Waals surface area contributed by atoms with Crippen molar-refractivity contribution in [3.63, 3.8) is 0 Å². The summed E-state index contributed by atoms with van der Waals surface area (Å²) < 4.78 is 0. The molecule has 3 N–H and O–H groups in total. The molecule has 0 spiro atoms. The minimum Gasteiger partial charge on any atom is -0.399 e. The molecule has 1 heterocycles. The number of hydrogen-bond acceptors (Lipinski definition) is 4. The molecule has 0 aliphatic carbocycles. The third kappa shape index (κ3) is 3.56. The summed E-state index contributed by atoms with van der Waals surface area (Å²) in [5.74, 6) is 0.521. The van der Waals surface area contributed by atoms with Crippen LogP contribution in [0.15, 0.2) is 30.6 Å². The molecule has 0 atom stereocenters. The van der Waals surface area contributed by atoms with Crippen LogP contribution in [0.4, 0.5) is 11.4 Å². The Kier molecular flexibility index (Phi) is 3.93. The van der Waals surface area contributed by atoms with E-state index < -0.39 is 0 Å². The lowest BCUT2D eigenvalue weighted by Gasteiger charge is -2.16. The van der Waals surface area contributed by atoms with Crippen molar-refractivity contribution in [2.45, 2.75) is 33.1 Å². The van der Waals surface area contributed by atoms with Gasteiger partial charge in [0.25, 0.3) is 5.91 Å². The Morgan fingerprint density at radius 3 is 2.38 bits per heavy atom.